The number of aliphatic hydroxyl groups excluding tert-OH is 1. The van der Waals surface area contributed by atoms with E-state index in [1.807, 2.05) is 25.1 Å². The van der Waals surface area contributed by atoms with Crippen LogP contribution in [-0.2, 0) is 6.61 Å². The zero-order valence-electron chi connectivity index (χ0n) is 17.0. The van der Waals surface area contributed by atoms with Gasteiger partial charge in [-0.3, -0.25) is 9.78 Å². The van der Waals surface area contributed by atoms with Crippen molar-refractivity contribution in [2.24, 2.45) is 4.99 Å². The fourth-order valence-electron chi connectivity index (χ4n) is 3.21. The number of rotatable bonds is 4. The van der Waals surface area contributed by atoms with E-state index in [4.69, 9.17) is 4.42 Å². The minimum Gasteiger partial charge on any atom is -0.436 e. The first-order chi connectivity index (χ1) is 14.9. The van der Waals surface area contributed by atoms with E-state index in [0.29, 0.717) is 33.6 Å². The highest BCUT2D eigenvalue weighted by molar-refractivity contribution is 6.05. The number of hydrogen-bond acceptors (Lipinski definition) is 5. The first-order valence-electron chi connectivity index (χ1n) is 9.66. The fraction of sp³-hybridized carbons (Fsp3) is 0.125. The molecule has 0 saturated carbocycles. The number of amides is 1. The van der Waals surface area contributed by atoms with Gasteiger partial charge in [0.1, 0.15) is 11.4 Å². The molecule has 0 fully saturated rings. The second-order valence-electron chi connectivity index (χ2n) is 7.15. The van der Waals surface area contributed by atoms with Gasteiger partial charge in [0.15, 0.2) is 5.58 Å². The lowest BCUT2D eigenvalue weighted by atomic mass is 10.1. The van der Waals surface area contributed by atoms with Gasteiger partial charge in [-0.1, -0.05) is 12.1 Å². The molecule has 156 valence electrons. The average Bonchev–Trinajstić information content (AvgIpc) is 2.75. The highest BCUT2D eigenvalue weighted by Crippen LogP contribution is 2.22. The van der Waals surface area contributed by atoms with E-state index in [2.05, 4.69) is 15.3 Å². The molecule has 0 spiro atoms. The van der Waals surface area contributed by atoms with Crippen molar-refractivity contribution >= 4 is 28.3 Å². The summed E-state index contributed by atoms with van der Waals surface area (Å²) >= 11 is 0. The number of nitrogens with zero attached hydrogens (tertiary/aromatic N) is 2. The molecular formula is C24H20FN3O3. The summed E-state index contributed by atoms with van der Waals surface area (Å²) in [6, 6.07) is 14.6. The molecule has 0 bridgehead atoms. The van der Waals surface area contributed by atoms with E-state index in [9.17, 15) is 14.3 Å². The zero-order valence-corrected chi connectivity index (χ0v) is 17.0. The maximum absolute atomic E-state index is 13.3. The molecule has 0 radical (unpaired) electrons. The second-order valence-corrected chi connectivity index (χ2v) is 7.15. The number of nitrogens with one attached hydrogen (secondary N) is 1. The van der Waals surface area contributed by atoms with Crippen LogP contribution in [0.15, 0.2) is 70.2 Å². The summed E-state index contributed by atoms with van der Waals surface area (Å²) in [5.41, 5.74) is 3.84. The van der Waals surface area contributed by atoms with Gasteiger partial charge in [-0.25, -0.2) is 9.38 Å². The number of anilines is 1. The molecule has 0 aliphatic rings. The van der Waals surface area contributed by atoms with Crippen LogP contribution in [0.5, 0.6) is 0 Å². The van der Waals surface area contributed by atoms with Crippen molar-refractivity contribution in [3.8, 4) is 0 Å². The Morgan fingerprint density at radius 1 is 1.16 bits per heavy atom. The number of fused-ring (bicyclic) bond motifs is 1. The van der Waals surface area contributed by atoms with E-state index < -0.39 is 5.91 Å². The van der Waals surface area contributed by atoms with Crippen LogP contribution in [0.3, 0.4) is 0 Å². The zero-order chi connectivity index (χ0) is 22.0. The largest absolute Gasteiger partial charge is 0.436 e. The Morgan fingerprint density at radius 2 is 1.94 bits per heavy atom. The number of pyridine rings is 1. The van der Waals surface area contributed by atoms with Gasteiger partial charge >= 0.3 is 0 Å². The number of aliphatic hydroxyl groups is 1. The molecule has 31 heavy (non-hydrogen) atoms. The van der Waals surface area contributed by atoms with Gasteiger partial charge in [-0.05, 0) is 61.9 Å². The molecular weight excluding hydrogens is 397 g/mol. The Kier molecular flexibility index (Phi) is 5.60. The number of carbonyl (C=O) groups excluding carboxylic acids is 1. The molecule has 0 aliphatic carbocycles. The lowest BCUT2D eigenvalue weighted by molar-refractivity contribution is 0.102. The average molecular weight is 417 g/mol. The minimum atomic E-state index is -0.421. The van der Waals surface area contributed by atoms with Gasteiger partial charge in [0, 0.05) is 22.8 Å². The number of carbonyl (C=O) groups is 1. The van der Waals surface area contributed by atoms with Crippen LogP contribution in [0.2, 0.25) is 0 Å². The van der Waals surface area contributed by atoms with Crippen LogP contribution in [0, 0.1) is 19.7 Å². The van der Waals surface area contributed by atoms with Gasteiger partial charge < -0.3 is 14.8 Å². The van der Waals surface area contributed by atoms with Gasteiger partial charge in [0.2, 0.25) is 5.55 Å². The normalized spacial score (nSPS) is 11.7. The number of hydrogen-bond donors (Lipinski definition) is 2. The summed E-state index contributed by atoms with van der Waals surface area (Å²) < 4.78 is 19.3. The third kappa shape index (κ3) is 4.36. The molecule has 4 aromatic rings. The molecule has 1 amide bonds. The van der Waals surface area contributed by atoms with Crippen LogP contribution < -0.4 is 10.9 Å². The van der Waals surface area contributed by atoms with Gasteiger partial charge in [0.05, 0.1) is 18.0 Å². The lowest BCUT2D eigenvalue weighted by Crippen LogP contribution is -2.22. The standard InChI is InChI=1S/C24H20FN3O3/c1-14-4-3-5-19(10-14)27-23(30)21-11-20-16(13-29)12-26-15(2)22(20)31-24(21)28-18-8-6-17(25)7-9-18/h3-12,29H,13H2,1-2H3,(H,27,30). The molecule has 2 heterocycles. The summed E-state index contributed by atoms with van der Waals surface area (Å²) in [7, 11) is 0. The first kappa shape index (κ1) is 20.4. The van der Waals surface area contributed by atoms with E-state index >= 15 is 0 Å². The molecule has 7 heteroatoms. The molecule has 0 saturated heterocycles. The second kappa shape index (κ2) is 8.49. The van der Waals surface area contributed by atoms with Crippen molar-refractivity contribution in [1.29, 1.82) is 0 Å². The lowest BCUT2D eigenvalue weighted by Gasteiger charge is -2.10. The predicted molar refractivity (Wildman–Crippen MR) is 115 cm³/mol. The third-order valence-electron chi connectivity index (χ3n) is 4.80. The molecule has 2 N–H and O–H groups in total. The van der Waals surface area contributed by atoms with Gasteiger partial charge in [-0.2, -0.15) is 0 Å². The summed E-state index contributed by atoms with van der Waals surface area (Å²) in [4.78, 5) is 21.8. The number of aromatic nitrogens is 1. The van der Waals surface area contributed by atoms with Crippen LogP contribution >= 0.6 is 0 Å². The number of aryl methyl sites for hydroxylation is 2. The van der Waals surface area contributed by atoms with Crippen LogP contribution in [-0.4, -0.2) is 16.0 Å². The monoisotopic (exact) mass is 417 g/mol. The summed E-state index contributed by atoms with van der Waals surface area (Å²) in [5, 5.41) is 13.1. The summed E-state index contributed by atoms with van der Waals surface area (Å²) in [6.45, 7) is 3.44. The van der Waals surface area contributed by atoms with Crippen molar-refractivity contribution in [2.45, 2.75) is 20.5 Å². The van der Waals surface area contributed by atoms with Crippen molar-refractivity contribution in [2.75, 3.05) is 5.32 Å². The molecule has 0 aliphatic heterocycles. The van der Waals surface area contributed by atoms with E-state index in [1.54, 1.807) is 25.3 Å². The Morgan fingerprint density at radius 3 is 2.65 bits per heavy atom. The maximum atomic E-state index is 13.3. The summed E-state index contributed by atoms with van der Waals surface area (Å²) in [6.07, 6.45) is 1.55. The number of halogens is 1. The highest BCUT2D eigenvalue weighted by Gasteiger charge is 2.16. The van der Waals surface area contributed by atoms with Crippen molar-refractivity contribution < 1.29 is 18.7 Å². The van der Waals surface area contributed by atoms with E-state index in [-0.39, 0.29) is 23.5 Å². The SMILES string of the molecule is Cc1cccc(NC(=O)c2cc3c(CO)cnc(C)c3oc2=Nc2ccc(F)cc2)c1. The third-order valence-corrected chi connectivity index (χ3v) is 4.80. The molecule has 0 unspecified atom stereocenters. The van der Waals surface area contributed by atoms with Crippen molar-refractivity contribution in [3.63, 3.8) is 0 Å². The smallest absolute Gasteiger partial charge is 0.261 e. The first-order valence-corrected chi connectivity index (χ1v) is 9.66. The van der Waals surface area contributed by atoms with Crippen LogP contribution in [0.4, 0.5) is 15.8 Å². The Bertz CT molecular complexity index is 1340. The van der Waals surface area contributed by atoms with Gasteiger partial charge in [-0.15, -0.1) is 0 Å². The Labute approximate surface area is 177 Å². The molecule has 2 aromatic heterocycles. The van der Waals surface area contributed by atoms with Crippen molar-refractivity contribution in [3.05, 3.63) is 94.5 Å². The Hall–Kier alpha value is -3.84. The molecule has 0 atom stereocenters. The quantitative estimate of drug-likeness (QED) is 0.510. The van der Waals surface area contributed by atoms with Crippen LogP contribution in [0.25, 0.3) is 11.0 Å². The Balaban J connectivity index is 1.92. The number of benzene rings is 2. The van der Waals surface area contributed by atoms with Gasteiger partial charge in [0.25, 0.3) is 5.91 Å². The topological polar surface area (TPSA) is 87.7 Å². The highest BCUT2D eigenvalue weighted by atomic mass is 19.1. The molecule has 4 rings (SSSR count). The van der Waals surface area contributed by atoms with E-state index in [0.717, 1.165) is 5.56 Å². The molecule has 6 nitrogen and oxygen atoms in total. The summed E-state index contributed by atoms with van der Waals surface area (Å²) in [5.74, 6) is -0.810. The minimum absolute atomic E-state index is 0.0595. The van der Waals surface area contributed by atoms with E-state index in [1.165, 1.54) is 24.3 Å². The predicted octanol–water partition coefficient (Wildman–Crippen LogP) is 4.56. The van der Waals surface area contributed by atoms with Crippen molar-refractivity contribution in [1.82, 2.24) is 4.98 Å². The van der Waals surface area contributed by atoms with Crippen LogP contribution in [0.1, 0.15) is 27.2 Å². The fourth-order valence-corrected chi connectivity index (χ4v) is 3.21. The maximum Gasteiger partial charge on any atom is 0.261 e. The molecule has 2 aromatic carbocycles.